The molecule has 1 saturated heterocycles. The maximum atomic E-state index is 13.0. The standard InChI is InChI=1S/C17H23N5O3/c1-11-12(10-25-19-11)15(23)21-7-6-8-22(21)16(24)13-9-14(17(2,3)4)18-20(13)5/h9-10H,6-8H2,1-5H3. The molecule has 0 radical (unpaired) electrons. The van der Waals surface area contributed by atoms with Crippen LogP contribution in [0.15, 0.2) is 16.9 Å². The molecule has 134 valence electrons. The molecule has 0 N–H and O–H groups in total. The van der Waals surface area contributed by atoms with Gasteiger partial charge in [-0.2, -0.15) is 5.10 Å². The summed E-state index contributed by atoms with van der Waals surface area (Å²) < 4.78 is 6.43. The second kappa shape index (κ2) is 6.02. The average Bonchev–Trinajstić information content (AvgIpc) is 3.24. The molecule has 0 unspecified atom stereocenters. The fraction of sp³-hybridized carbons (Fsp3) is 0.529. The van der Waals surface area contributed by atoms with E-state index < -0.39 is 0 Å². The van der Waals surface area contributed by atoms with Crippen molar-refractivity contribution in [2.75, 3.05) is 13.1 Å². The van der Waals surface area contributed by atoms with Gasteiger partial charge in [0, 0.05) is 25.6 Å². The number of hydrogen-bond donors (Lipinski definition) is 0. The van der Waals surface area contributed by atoms with Crippen molar-refractivity contribution in [2.24, 2.45) is 7.05 Å². The first kappa shape index (κ1) is 17.2. The smallest absolute Gasteiger partial charge is 0.290 e. The molecule has 2 aromatic heterocycles. The van der Waals surface area contributed by atoms with Crippen LogP contribution in [0.3, 0.4) is 0 Å². The van der Waals surface area contributed by atoms with E-state index >= 15 is 0 Å². The second-order valence-corrected chi connectivity index (χ2v) is 7.31. The van der Waals surface area contributed by atoms with Gasteiger partial charge in [-0.25, -0.2) is 10.0 Å². The van der Waals surface area contributed by atoms with Crippen LogP contribution in [0.1, 0.15) is 59.4 Å². The predicted molar refractivity (Wildman–Crippen MR) is 89.8 cm³/mol. The highest BCUT2D eigenvalue weighted by Crippen LogP contribution is 2.24. The Bertz CT molecular complexity index is 815. The first-order valence-electron chi connectivity index (χ1n) is 8.29. The van der Waals surface area contributed by atoms with Crippen molar-refractivity contribution < 1.29 is 14.1 Å². The number of aryl methyl sites for hydroxylation is 2. The molecule has 1 aliphatic rings. The van der Waals surface area contributed by atoms with Gasteiger partial charge in [0.1, 0.15) is 17.5 Å². The summed E-state index contributed by atoms with van der Waals surface area (Å²) in [6.45, 7) is 8.82. The molecule has 0 atom stereocenters. The van der Waals surface area contributed by atoms with E-state index in [1.54, 1.807) is 24.7 Å². The predicted octanol–water partition coefficient (Wildman–Crippen LogP) is 1.92. The van der Waals surface area contributed by atoms with Crippen LogP contribution in [0.25, 0.3) is 0 Å². The Kier molecular flexibility index (Phi) is 4.14. The number of hydrazine groups is 1. The van der Waals surface area contributed by atoms with Crippen LogP contribution >= 0.6 is 0 Å². The van der Waals surface area contributed by atoms with Gasteiger partial charge in [0.15, 0.2) is 0 Å². The summed E-state index contributed by atoms with van der Waals surface area (Å²) in [7, 11) is 1.74. The maximum absolute atomic E-state index is 13.0. The Balaban J connectivity index is 1.88. The third-order valence-electron chi connectivity index (χ3n) is 4.35. The minimum absolute atomic E-state index is 0.156. The molecule has 8 heteroatoms. The number of amides is 2. The van der Waals surface area contributed by atoms with Crippen LogP contribution in [0.5, 0.6) is 0 Å². The summed E-state index contributed by atoms with van der Waals surface area (Å²) in [6, 6.07) is 1.80. The Morgan fingerprint density at radius 3 is 2.32 bits per heavy atom. The Morgan fingerprint density at radius 2 is 1.80 bits per heavy atom. The minimum atomic E-state index is -0.275. The molecule has 8 nitrogen and oxygen atoms in total. The van der Waals surface area contributed by atoms with E-state index in [0.29, 0.717) is 30.0 Å². The highest BCUT2D eigenvalue weighted by atomic mass is 16.5. The van der Waals surface area contributed by atoms with Gasteiger partial charge in [0.25, 0.3) is 11.8 Å². The summed E-state index contributed by atoms with van der Waals surface area (Å²) in [5.41, 5.74) is 2.04. The molecule has 3 rings (SSSR count). The van der Waals surface area contributed by atoms with Crippen LogP contribution in [-0.4, -0.2) is 49.9 Å². The number of hydrogen-bond acceptors (Lipinski definition) is 5. The van der Waals surface area contributed by atoms with E-state index in [-0.39, 0.29) is 17.2 Å². The fourth-order valence-corrected chi connectivity index (χ4v) is 2.84. The first-order valence-corrected chi connectivity index (χ1v) is 8.29. The van der Waals surface area contributed by atoms with Crippen molar-refractivity contribution in [1.82, 2.24) is 25.0 Å². The maximum Gasteiger partial charge on any atom is 0.290 e. The van der Waals surface area contributed by atoms with Gasteiger partial charge in [-0.1, -0.05) is 25.9 Å². The van der Waals surface area contributed by atoms with E-state index in [9.17, 15) is 9.59 Å². The van der Waals surface area contributed by atoms with Crippen LogP contribution in [-0.2, 0) is 12.5 Å². The molecule has 2 amide bonds. The van der Waals surface area contributed by atoms with E-state index in [1.165, 1.54) is 16.3 Å². The van der Waals surface area contributed by atoms with Gasteiger partial charge in [0.2, 0.25) is 0 Å². The van der Waals surface area contributed by atoms with Gasteiger partial charge in [-0.05, 0) is 19.4 Å². The third kappa shape index (κ3) is 3.04. The molecule has 0 bridgehead atoms. The Labute approximate surface area is 146 Å². The zero-order valence-electron chi connectivity index (χ0n) is 15.2. The molecule has 0 saturated carbocycles. The molecule has 0 spiro atoms. The molecule has 2 aromatic rings. The van der Waals surface area contributed by atoms with Crippen molar-refractivity contribution >= 4 is 11.8 Å². The topological polar surface area (TPSA) is 84.5 Å². The zero-order chi connectivity index (χ0) is 18.4. The largest absolute Gasteiger partial charge is 0.364 e. The average molecular weight is 345 g/mol. The van der Waals surface area contributed by atoms with Crippen molar-refractivity contribution in [2.45, 2.75) is 39.5 Å². The van der Waals surface area contributed by atoms with Crippen LogP contribution in [0, 0.1) is 6.92 Å². The lowest BCUT2D eigenvalue weighted by Gasteiger charge is -2.27. The number of carbonyl (C=O) groups excluding carboxylic acids is 2. The third-order valence-corrected chi connectivity index (χ3v) is 4.35. The summed E-state index contributed by atoms with van der Waals surface area (Å²) >= 11 is 0. The molecule has 25 heavy (non-hydrogen) atoms. The van der Waals surface area contributed by atoms with Gasteiger partial charge < -0.3 is 4.52 Å². The molecule has 0 aromatic carbocycles. The van der Waals surface area contributed by atoms with E-state index in [2.05, 4.69) is 10.3 Å². The van der Waals surface area contributed by atoms with E-state index in [1.807, 2.05) is 20.8 Å². The second-order valence-electron chi connectivity index (χ2n) is 7.31. The number of aromatic nitrogens is 3. The number of nitrogens with zero attached hydrogens (tertiary/aromatic N) is 5. The van der Waals surface area contributed by atoms with Crippen molar-refractivity contribution in [3.8, 4) is 0 Å². The van der Waals surface area contributed by atoms with Gasteiger partial charge in [-0.3, -0.25) is 14.3 Å². The monoisotopic (exact) mass is 345 g/mol. The summed E-state index contributed by atoms with van der Waals surface area (Å²) in [4.78, 5) is 25.7. The Hall–Kier alpha value is -2.64. The lowest BCUT2D eigenvalue weighted by atomic mass is 9.92. The lowest BCUT2D eigenvalue weighted by molar-refractivity contribution is 0.0178. The van der Waals surface area contributed by atoms with Crippen molar-refractivity contribution in [1.29, 1.82) is 0 Å². The molecule has 1 aliphatic heterocycles. The van der Waals surface area contributed by atoms with Gasteiger partial charge in [-0.15, -0.1) is 0 Å². The van der Waals surface area contributed by atoms with Crippen LogP contribution in [0.2, 0.25) is 0 Å². The minimum Gasteiger partial charge on any atom is -0.364 e. The summed E-state index contributed by atoms with van der Waals surface area (Å²) in [6.07, 6.45) is 2.05. The van der Waals surface area contributed by atoms with Crippen molar-refractivity contribution in [3.63, 3.8) is 0 Å². The van der Waals surface area contributed by atoms with E-state index in [4.69, 9.17) is 4.52 Å². The Morgan fingerprint density at radius 1 is 1.16 bits per heavy atom. The summed E-state index contributed by atoms with van der Waals surface area (Å²) in [5.74, 6) is -0.506. The van der Waals surface area contributed by atoms with Crippen LogP contribution in [0.4, 0.5) is 0 Å². The van der Waals surface area contributed by atoms with E-state index in [0.717, 1.165) is 12.1 Å². The molecular formula is C17H23N5O3. The number of rotatable bonds is 2. The van der Waals surface area contributed by atoms with Gasteiger partial charge in [0.05, 0.1) is 11.4 Å². The highest BCUT2D eigenvalue weighted by Gasteiger charge is 2.35. The molecule has 1 fully saturated rings. The normalized spacial score (nSPS) is 15.1. The first-order chi connectivity index (χ1) is 11.7. The molecule has 3 heterocycles. The number of carbonyl (C=O) groups is 2. The highest BCUT2D eigenvalue weighted by molar-refractivity contribution is 5.99. The van der Waals surface area contributed by atoms with Gasteiger partial charge >= 0.3 is 0 Å². The fourth-order valence-electron chi connectivity index (χ4n) is 2.84. The molecular weight excluding hydrogens is 322 g/mol. The SMILES string of the molecule is Cc1nocc1C(=O)N1CCCN1C(=O)c1cc(C(C)(C)C)nn1C. The van der Waals surface area contributed by atoms with Crippen LogP contribution < -0.4 is 0 Å². The summed E-state index contributed by atoms with van der Waals surface area (Å²) in [5, 5.41) is 11.1. The van der Waals surface area contributed by atoms with Crippen molar-refractivity contribution in [3.05, 3.63) is 35.0 Å². The quantitative estimate of drug-likeness (QED) is 0.830. The zero-order valence-corrected chi connectivity index (χ0v) is 15.2. The lowest BCUT2D eigenvalue weighted by Crippen LogP contribution is -2.45. The molecule has 0 aliphatic carbocycles.